The first kappa shape index (κ1) is 21.4. The number of nitrogens with one attached hydrogen (secondary N) is 2. The Morgan fingerprint density at radius 2 is 2.06 bits per heavy atom. The highest BCUT2D eigenvalue weighted by molar-refractivity contribution is 6.30. The Morgan fingerprint density at radius 3 is 2.91 bits per heavy atom. The number of H-pyrrole nitrogens is 1. The molecule has 1 aliphatic heterocycles. The van der Waals surface area contributed by atoms with Gasteiger partial charge in [0, 0.05) is 18.3 Å². The van der Waals surface area contributed by atoms with E-state index in [4.69, 9.17) is 16.3 Å². The van der Waals surface area contributed by atoms with Crippen LogP contribution in [0.1, 0.15) is 0 Å². The van der Waals surface area contributed by atoms with Crippen molar-refractivity contribution in [1.82, 2.24) is 24.7 Å². The van der Waals surface area contributed by atoms with Crippen LogP contribution in [0.3, 0.4) is 0 Å². The summed E-state index contributed by atoms with van der Waals surface area (Å²) in [4.78, 5) is 24.4. The largest absolute Gasteiger partial charge is 0.485 e. The molecule has 0 saturated carbocycles. The topological polar surface area (TPSA) is 101 Å². The molecular formula is C24H19ClFN7O2. The molecule has 1 atom stereocenters. The Kier molecular flexibility index (Phi) is 5.03. The lowest BCUT2D eigenvalue weighted by molar-refractivity contribution is 0.208. The molecule has 0 amide bonds. The number of para-hydroxylation sites is 2. The number of fused-ring (bicyclic) bond motifs is 4. The van der Waals surface area contributed by atoms with Crippen molar-refractivity contribution in [2.75, 3.05) is 30.4 Å². The van der Waals surface area contributed by atoms with Gasteiger partial charge in [0.2, 0.25) is 5.95 Å². The van der Waals surface area contributed by atoms with Gasteiger partial charge in [0.05, 0.1) is 47.0 Å². The number of rotatable bonds is 4. The molecule has 1 aliphatic rings. The Hall–Kier alpha value is -4.18. The van der Waals surface area contributed by atoms with Crippen molar-refractivity contribution in [2.45, 2.75) is 6.10 Å². The quantitative estimate of drug-likeness (QED) is 0.395. The van der Waals surface area contributed by atoms with E-state index in [0.29, 0.717) is 29.4 Å². The van der Waals surface area contributed by atoms with Gasteiger partial charge >= 0.3 is 0 Å². The zero-order valence-electron chi connectivity index (χ0n) is 18.5. The molecule has 176 valence electrons. The Balaban J connectivity index is 1.39. The summed E-state index contributed by atoms with van der Waals surface area (Å²) in [5.74, 6) is 0.444. The monoisotopic (exact) mass is 491 g/mol. The number of aromatic amines is 1. The highest BCUT2D eigenvalue weighted by Gasteiger charge is 2.24. The third-order valence-electron chi connectivity index (χ3n) is 6.01. The van der Waals surface area contributed by atoms with E-state index in [1.807, 2.05) is 31.3 Å². The molecule has 11 heteroatoms. The maximum absolute atomic E-state index is 14.9. The van der Waals surface area contributed by atoms with Crippen LogP contribution in [0.25, 0.3) is 27.6 Å². The number of nitrogens with zero attached hydrogens (tertiary/aromatic N) is 5. The Morgan fingerprint density at radius 1 is 1.20 bits per heavy atom. The van der Waals surface area contributed by atoms with Crippen molar-refractivity contribution in [3.05, 3.63) is 76.1 Å². The number of hydrogen-bond acceptors (Lipinski definition) is 7. The molecule has 9 nitrogen and oxygen atoms in total. The van der Waals surface area contributed by atoms with Crippen LogP contribution in [0.15, 0.2) is 59.7 Å². The van der Waals surface area contributed by atoms with Crippen molar-refractivity contribution < 1.29 is 9.13 Å². The fraction of sp³-hybridized carbons (Fsp3) is 0.167. The average Bonchev–Trinajstić information content (AvgIpc) is 3.35. The molecule has 35 heavy (non-hydrogen) atoms. The SMILES string of the molecule is CN1CC(CNc2ncc3c4[nH]ncc4c(=O)n(-c4ccc(Cl)cc4F)c3n2)Oc2ccccc21. The van der Waals surface area contributed by atoms with Gasteiger partial charge in [-0.2, -0.15) is 10.1 Å². The minimum atomic E-state index is -0.644. The smallest absolute Gasteiger partial charge is 0.267 e. The molecule has 0 radical (unpaired) electrons. The van der Waals surface area contributed by atoms with Crippen molar-refractivity contribution in [2.24, 2.45) is 0 Å². The van der Waals surface area contributed by atoms with Gasteiger partial charge < -0.3 is 15.0 Å². The first-order chi connectivity index (χ1) is 17.0. The van der Waals surface area contributed by atoms with Crippen molar-refractivity contribution in [3.8, 4) is 11.4 Å². The van der Waals surface area contributed by atoms with Gasteiger partial charge in [0.1, 0.15) is 17.7 Å². The second-order valence-electron chi connectivity index (χ2n) is 8.29. The summed E-state index contributed by atoms with van der Waals surface area (Å²) in [7, 11) is 2.01. The van der Waals surface area contributed by atoms with E-state index in [1.54, 1.807) is 6.20 Å². The average molecular weight is 492 g/mol. The van der Waals surface area contributed by atoms with Crippen LogP contribution >= 0.6 is 11.6 Å². The van der Waals surface area contributed by atoms with Gasteiger partial charge in [0.15, 0.2) is 5.65 Å². The lowest BCUT2D eigenvalue weighted by atomic mass is 10.2. The second kappa shape index (κ2) is 8.24. The second-order valence-corrected chi connectivity index (χ2v) is 8.73. The van der Waals surface area contributed by atoms with Crippen LogP contribution in [0.4, 0.5) is 16.0 Å². The maximum atomic E-state index is 14.9. The van der Waals surface area contributed by atoms with Crippen LogP contribution in [0.2, 0.25) is 5.02 Å². The lowest BCUT2D eigenvalue weighted by Crippen LogP contribution is -2.41. The van der Waals surface area contributed by atoms with E-state index in [1.165, 1.54) is 22.9 Å². The minimum absolute atomic E-state index is 0.0333. The summed E-state index contributed by atoms with van der Waals surface area (Å²) in [6.45, 7) is 1.10. The van der Waals surface area contributed by atoms with Crippen LogP contribution in [0.5, 0.6) is 5.75 Å². The molecular weight excluding hydrogens is 473 g/mol. The highest BCUT2D eigenvalue weighted by Crippen LogP contribution is 2.32. The summed E-state index contributed by atoms with van der Waals surface area (Å²) in [5.41, 5.74) is 1.32. The molecule has 3 aromatic heterocycles. The fourth-order valence-electron chi connectivity index (χ4n) is 4.37. The molecule has 0 spiro atoms. The van der Waals surface area contributed by atoms with Crippen molar-refractivity contribution in [1.29, 1.82) is 0 Å². The fourth-order valence-corrected chi connectivity index (χ4v) is 4.52. The minimum Gasteiger partial charge on any atom is -0.485 e. The molecule has 5 aromatic rings. The van der Waals surface area contributed by atoms with E-state index in [0.717, 1.165) is 17.5 Å². The molecule has 2 N–H and O–H groups in total. The van der Waals surface area contributed by atoms with E-state index in [-0.39, 0.29) is 28.4 Å². The molecule has 4 heterocycles. The molecule has 0 aliphatic carbocycles. The van der Waals surface area contributed by atoms with Crippen LogP contribution in [-0.2, 0) is 0 Å². The standard InChI is InChI=1S/C24H19ClFN7O2/c1-32-12-14(35-20-5-3-2-4-19(20)32)9-27-24-28-10-15-21-16(11-29-31-21)23(34)33(22(15)30-24)18-7-6-13(25)8-17(18)26/h2-8,10-11,14H,9,12H2,1H3,(H,29,31)(H,27,28,30). The maximum Gasteiger partial charge on any atom is 0.267 e. The number of benzene rings is 2. The van der Waals surface area contributed by atoms with E-state index in [2.05, 4.69) is 30.4 Å². The normalized spacial score (nSPS) is 15.3. The molecule has 1 unspecified atom stereocenters. The van der Waals surface area contributed by atoms with Crippen molar-refractivity contribution >= 4 is 45.2 Å². The number of ether oxygens (including phenoxy) is 1. The number of likely N-dealkylation sites (N-methyl/N-ethyl adjacent to an activating group) is 1. The van der Waals surface area contributed by atoms with E-state index < -0.39 is 11.4 Å². The molecule has 6 rings (SSSR count). The number of aromatic nitrogens is 5. The predicted molar refractivity (Wildman–Crippen MR) is 132 cm³/mol. The summed E-state index contributed by atoms with van der Waals surface area (Å²) >= 11 is 5.93. The first-order valence-electron chi connectivity index (χ1n) is 10.9. The number of anilines is 2. The third kappa shape index (κ3) is 3.62. The van der Waals surface area contributed by atoms with Gasteiger partial charge in [0.25, 0.3) is 5.56 Å². The van der Waals surface area contributed by atoms with E-state index >= 15 is 0 Å². The van der Waals surface area contributed by atoms with Gasteiger partial charge in [-0.3, -0.25) is 14.5 Å². The molecule has 0 bridgehead atoms. The highest BCUT2D eigenvalue weighted by atomic mass is 35.5. The molecule has 2 aromatic carbocycles. The van der Waals surface area contributed by atoms with E-state index in [9.17, 15) is 9.18 Å². The summed E-state index contributed by atoms with van der Waals surface area (Å²) in [6, 6.07) is 12.0. The lowest BCUT2D eigenvalue weighted by Gasteiger charge is -2.33. The zero-order valence-corrected chi connectivity index (χ0v) is 19.3. The first-order valence-corrected chi connectivity index (χ1v) is 11.3. The van der Waals surface area contributed by atoms with Gasteiger partial charge in [-0.05, 0) is 30.3 Å². The molecule has 0 saturated heterocycles. The van der Waals surface area contributed by atoms with Gasteiger partial charge in [-0.25, -0.2) is 9.37 Å². The van der Waals surface area contributed by atoms with Crippen LogP contribution in [0, 0.1) is 5.82 Å². The molecule has 0 fully saturated rings. The number of hydrogen-bond donors (Lipinski definition) is 2. The van der Waals surface area contributed by atoms with Crippen LogP contribution in [-0.4, -0.2) is 51.0 Å². The summed E-state index contributed by atoms with van der Waals surface area (Å²) < 4.78 is 22.2. The van der Waals surface area contributed by atoms with Crippen LogP contribution < -0.4 is 20.5 Å². The van der Waals surface area contributed by atoms with Gasteiger partial charge in [-0.15, -0.1) is 0 Å². The number of halogens is 2. The number of pyridine rings is 1. The Labute approximate surface area is 203 Å². The zero-order chi connectivity index (χ0) is 24.1. The third-order valence-corrected chi connectivity index (χ3v) is 6.24. The Bertz CT molecular complexity index is 1650. The van der Waals surface area contributed by atoms with Gasteiger partial charge in [-0.1, -0.05) is 23.7 Å². The van der Waals surface area contributed by atoms with Crippen molar-refractivity contribution in [3.63, 3.8) is 0 Å². The summed E-state index contributed by atoms with van der Waals surface area (Å²) in [6.07, 6.45) is 2.83. The predicted octanol–water partition coefficient (Wildman–Crippen LogP) is 3.76. The summed E-state index contributed by atoms with van der Waals surface area (Å²) in [5, 5.41) is 11.0.